The van der Waals surface area contributed by atoms with E-state index in [0.29, 0.717) is 12.0 Å². The normalized spacial score (nSPS) is 13.9. The van der Waals surface area contributed by atoms with E-state index < -0.39 is 47.7 Å². The summed E-state index contributed by atoms with van der Waals surface area (Å²) in [6, 6.07) is 3.25. The van der Waals surface area contributed by atoms with E-state index in [-0.39, 0.29) is 30.3 Å². The van der Waals surface area contributed by atoms with Crippen molar-refractivity contribution in [2.24, 2.45) is 5.73 Å². The van der Waals surface area contributed by atoms with Crippen molar-refractivity contribution in [1.82, 2.24) is 0 Å². The van der Waals surface area contributed by atoms with Crippen LogP contribution in [0.15, 0.2) is 18.2 Å². The van der Waals surface area contributed by atoms with Crippen LogP contribution in [0.1, 0.15) is 80.7 Å². The Morgan fingerprint density at radius 3 is 1.82 bits per heavy atom. The zero-order valence-electron chi connectivity index (χ0n) is 23.7. The van der Waals surface area contributed by atoms with E-state index in [9.17, 15) is 19.2 Å². The van der Waals surface area contributed by atoms with Gasteiger partial charge in [0.2, 0.25) is 0 Å². The van der Waals surface area contributed by atoms with Gasteiger partial charge in [-0.25, -0.2) is 9.59 Å². The number of hydrogen-bond acceptors (Lipinski definition) is 11. The summed E-state index contributed by atoms with van der Waals surface area (Å²) >= 11 is 0. The minimum atomic E-state index is -1.08. The van der Waals surface area contributed by atoms with Crippen molar-refractivity contribution in [1.29, 1.82) is 0 Å². The molecule has 0 amide bonds. The molecule has 0 saturated carbocycles. The standard InChI is InChI=1S/C27H41NO10/c1-10-11-22(29)33-16(2)17(3)34-23(30)19(28)14-18-12-13-20(35-24(31)37-26(4,5)6)21(15-18)36-25(32)38-27(7,8)9/h12-13,15-17,19H,10-11,14,28H2,1-9H3/t16?,17-,19-/m0/s1. The van der Waals surface area contributed by atoms with Crippen molar-refractivity contribution >= 4 is 24.2 Å². The fourth-order valence-electron chi connectivity index (χ4n) is 2.83. The van der Waals surface area contributed by atoms with E-state index in [2.05, 4.69) is 0 Å². The fraction of sp³-hybridized carbons (Fsp3) is 0.630. The summed E-state index contributed by atoms with van der Waals surface area (Å²) in [5, 5.41) is 0. The van der Waals surface area contributed by atoms with E-state index in [4.69, 9.17) is 34.2 Å². The molecule has 0 saturated heterocycles. The Balaban J connectivity index is 3.00. The van der Waals surface area contributed by atoms with Crippen LogP contribution in [0.3, 0.4) is 0 Å². The Labute approximate surface area is 224 Å². The monoisotopic (exact) mass is 539 g/mol. The highest BCUT2D eigenvalue weighted by Gasteiger charge is 2.26. The smallest absolute Gasteiger partial charge is 0.459 e. The van der Waals surface area contributed by atoms with E-state index in [1.807, 2.05) is 6.92 Å². The molecule has 1 aromatic carbocycles. The number of carbonyl (C=O) groups is 4. The van der Waals surface area contributed by atoms with Gasteiger partial charge >= 0.3 is 24.2 Å². The Hall–Kier alpha value is -3.34. The Kier molecular flexibility index (Phi) is 12.0. The Morgan fingerprint density at radius 2 is 1.32 bits per heavy atom. The lowest BCUT2D eigenvalue weighted by atomic mass is 10.1. The van der Waals surface area contributed by atoms with Gasteiger partial charge < -0.3 is 34.2 Å². The lowest BCUT2D eigenvalue weighted by Crippen LogP contribution is -2.39. The number of ether oxygens (including phenoxy) is 6. The summed E-state index contributed by atoms with van der Waals surface area (Å²) < 4.78 is 31.5. The van der Waals surface area contributed by atoms with Gasteiger partial charge in [-0.3, -0.25) is 9.59 Å². The van der Waals surface area contributed by atoms with Crippen LogP contribution >= 0.6 is 0 Å². The minimum Gasteiger partial charge on any atom is -0.459 e. The second kappa shape index (κ2) is 14.0. The van der Waals surface area contributed by atoms with Gasteiger partial charge in [-0.05, 0) is 85.9 Å². The lowest BCUT2D eigenvalue weighted by Gasteiger charge is -2.23. The average Bonchev–Trinajstić information content (AvgIpc) is 2.72. The van der Waals surface area contributed by atoms with Gasteiger partial charge in [-0.1, -0.05) is 13.0 Å². The SMILES string of the molecule is CCCC(=O)OC(C)[C@H](C)OC(=O)[C@@H](N)Cc1ccc(OC(=O)OC(C)(C)C)c(OC(=O)OC(C)(C)C)c1. The fourth-order valence-corrected chi connectivity index (χ4v) is 2.83. The van der Waals surface area contributed by atoms with E-state index in [1.54, 1.807) is 61.5 Å². The van der Waals surface area contributed by atoms with Crippen LogP contribution in [-0.4, -0.2) is 53.7 Å². The first-order chi connectivity index (χ1) is 17.4. The first-order valence-corrected chi connectivity index (χ1v) is 12.5. The maximum absolute atomic E-state index is 12.6. The minimum absolute atomic E-state index is 0.00690. The number of carbonyl (C=O) groups excluding carboxylic acids is 4. The van der Waals surface area contributed by atoms with Gasteiger partial charge in [0, 0.05) is 6.42 Å². The predicted octanol–water partition coefficient (Wildman–Crippen LogP) is 4.85. The highest BCUT2D eigenvalue weighted by molar-refractivity contribution is 5.76. The predicted molar refractivity (Wildman–Crippen MR) is 138 cm³/mol. The number of benzene rings is 1. The van der Waals surface area contributed by atoms with Crippen LogP contribution < -0.4 is 15.2 Å². The summed E-state index contributed by atoms with van der Waals surface area (Å²) in [6.45, 7) is 15.1. The maximum Gasteiger partial charge on any atom is 0.514 e. The summed E-state index contributed by atoms with van der Waals surface area (Å²) in [5.74, 6) is -1.31. The molecule has 38 heavy (non-hydrogen) atoms. The number of nitrogens with two attached hydrogens (primary N) is 1. The summed E-state index contributed by atoms with van der Waals surface area (Å²) in [4.78, 5) is 48.7. The van der Waals surface area contributed by atoms with Gasteiger partial charge in [-0.2, -0.15) is 0 Å². The van der Waals surface area contributed by atoms with Crippen LogP contribution in [0.25, 0.3) is 0 Å². The molecular formula is C27H41NO10. The molecule has 11 heteroatoms. The van der Waals surface area contributed by atoms with Crippen LogP contribution in [0.2, 0.25) is 0 Å². The topological polar surface area (TPSA) is 150 Å². The molecule has 214 valence electrons. The molecule has 0 aliphatic heterocycles. The van der Waals surface area contributed by atoms with Gasteiger partial charge in [-0.15, -0.1) is 0 Å². The Morgan fingerprint density at radius 1 is 0.816 bits per heavy atom. The largest absolute Gasteiger partial charge is 0.514 e. The highest BCUT2D eigenvalue weighted by Crippen LogP contribution is 2.31. The zero-order chi connectivity index (χ0) is 29.3. The van der Waals surface area contributed by atoms with Crippen molar-refractivity contribution in [3.05, 3.63) is 23.8 Å². The molecule has 2 N–H and O–H groups in total. The third-order valence-electron chi connectivity index (χ3n) is 4.67. The molecule has 0 aliphatic rings. The third kappa shape index (κ3) is 12.8. The quantitative estimate of drug-likeness (QED) is 0.247. The molecule has 11 nitrogen and oxygen atoms in total. The molecule has 1 aromatic rings. The van der Waals surface area contributed by atoms with Crippen LogP contribution in [0, 0.1) is 0 Å². The molecule has 0 aromatic heterocycles. The number of rotatable bonds is 10. The second-order valence-corrected chi connectivity index (χ2v) is 10.8. The third-order valence-corrected chi connectivity index (χ3v) is 4.67. The molecule has 3 atom stereocenters. The van der Waals surface area contributed by atoms with Crippen LogP contribution in [-0.2, 0) is 35.0 Å². The van der Waals surface area contributed by atoms with Gasteiger partial charge in [0.15, 0.2) is 11.5 Å². The van der Waals surface area contributed by atoms with Crippen molar-refractivity contribution in [2.75, 3.05) is 0 Å². The average molecular weight is 540 g/mol. The van der Waals surface area contributed by atoms with Crippen molar-refractivity contribution in [2.45, 2.75) is 111 Å². The van der Waals surface area contributed by atoms with Crippen molar-refractivity contribution < 1.29 is 47.6 Å². The van der Waals surface area contributed by atoms with Crippen LogP contribution in [0.4, 0.5) is 9.59 Å². The number of hydrogen-bond donors (Lipinski definition) is 1. The molecule has 0 bridgehead atoms. The number of esters is 2. The highest BCUT2D eigenvalue weighted by atomic mass is 16.8. The molecule has 0 spiro atoms. The van der Waals surface area contributed by atoms with Gasteiger partial charge in [0.1, 0.15) is 29.5 Å². The van der Waals surface area contributed by atoms with Gasteiger partial charge in [0.05, 0.1) is 0 Å². The van der Waals surface area contributed by atoms with Crippen molar-refractivity contribution in [3.8, 4) is 11.5 Å². The zero-order valence-corrected chi connectivity index (χ0v) is 23.7. The molecule has 1 rings (SSSR count). The van der Waals surface area contributed by atoms with E-state index in [0.717, 1.165) is 0 Å². The Bertz CT molecular complexity index is 977. The first kappa shape index (κ1) is 32.7. The van der Waals surface area contributed by atoms with Crippen LogP contribution in [0.5, 0.6) is 11.5 Å². The lowest BCUT2D eigenvalue weighted by molar-refractivity contribution is -0.166. The van der Waals surface area contributed by atoms with E-state index in [1.165, 1.54) is 12.1 Å². The van der Waals surface area contributed by atoms with E-state index >= 15 is 0 Å². The molecule has 0 heterocycles. The summed E-state index contributed by atoms with van der Waals surface area (Å²) in [7, 11) is 0. The first-order valence-electron chi connectivity index (χ1n) is 12.5. The second-order valence-electron chi connectivity index (χ2n) is 10.8. The summed E-state index contributed by atoms with van der Waals surface area (Å²) in [5.41, 5.74) is 4.90. The maximum atomic E-state index is 12.6. The molecule has 0 radical (unpaired) electrons. The summed E-state index contributed by atoms with van der Waals surface area (Å²) in [6.07, 6.45) is -2.46. The molecular weight excluding hydrogens is 498 g/mol. The van der Waals surface area contributed by atoms with Crippen molar-refractivity contribution in [3.63, 3.8) is 0 Å². The molecule has 0 aliphatic carbocycles. The molecule has 0 fully saturated rings. The molecule has 1 unspecified atom stereocenters. The van der Waals surface area contributed by atoms with Gasteiger partial charge in [0.25, 0.3) is 0 Å².